The van der Waals surface area contributed by atoms with Gasteiger partial charge < -0.3 is 5.32 Å². The second-order valence-electron chi connectivity index (χ2n) is 4.95. The Labute approximate surface area is 101 Å². The smallest absolute Gasteiger partial charge is 0.243 e. The molecule has 1 aliphatic carbocycles. The lowest BCUT2D eigenvalue weighted by Gasteiger charge is -1.99. The van der Waals surface area contributed by atoms with E-state index in [9.17, 15) is 0 Å². The van der Waals surface area contributed by atoms with Gasteiger partial charge in [0.25, 0.3) is 0 Å². The summed E-state index contributed by atoms with van der Waals surface area (Å²) in [6.45, 7) is 3.05. The van der Waals surface area contributed by atoms with E-state index in [0.717, 1.165) is 24.1 Å². The quantitative estimate of drug-likeness (QED) is 0.803. The Kier molecular flexibility index (Phi) is 2.71. The zero-order valence-corrected chi connectivity index (χ0v) is 10.2. The first-order valence-corrected chi connectivity index (χ1v) is 6.38. The number of aryl methyl sites for hydroxylation is 1. The van der Waals surface area contributed by atoms with Crippen molar-refractivity contribution < 1.29 is 0 Å². The van der Waals surface area contributed by atoms with Crippen molar-refractivity contribution in [3.8, 4) is 0 Å². The van der Waals surface area contributed by atoms with Crippen LogP contribution in [-0.2, 0) is 0 Å². The van der Waals surface area contributed by atoms with Gasteiger partial charge in [0.05, 0.1) is 0 Å². The van der Waals surface area contributed by atoms with E-state index in [1.54, 1.807) is 0 Å². The molecule has 1 saturated carbocycles. The highest BCUT2D eigenvalue weighted by molar-refractivity contribution is 5.45. The van der Waals surface area contributed by atoms with Gasteiger partial charge in [-0.1, -0.05) is 12.8 Å². The van der Waals surface area contributed by atoms with Gasteiger partial charge in [-0.25, -0.2) is 4.52 Å². The number of hydrogen-bond donors (Lipinski definition) is 1. The number of nitrogens with one attached hydrogen (secondary N) is 1. The highest BCUT2D eigenvalue weighted by Gasteiger charge is 2.19. The average Bonchev–Trinajstić information content (AvgIpc) is 3.04. The van der Waals surface area contributed by atoms with E-state index >= 15 is 0 Å². The first-order valence-electron chi connectivity index (χ1n) is 6.38. The maximum atomic E-state index is 4.45. The Morgan fingerprint density at radius 2 is 2.35 bits per heavy atom. The van der Waals surface area contributed by atoms with Crippen LogP contribution < -0.4 is 5.32 Å². The molecule has 0 aromatic carbocycles. The molecular formula is C13H18N4. The summed E-state index contributed by atoms with van der Waals surface area (Å²) in [5, 5.41) is 7.67. The lowest BCUT2D eigenvalue weighted by atomic mass is 10.2. The standard InChI is InChI=1S/C13H18N4/c1-10-6-8-17-12(9-10)15-13(16-17)14-7-2-3-11-4-5-11/h6,8-9,11H,2-5,7H2,1H3,(H,14,16). The van der Waals surface area contributed by atoms with Gasteiger partial charge in [-0.05, 0) is 43.4 Å². The van der Waals surface area contributed by atoms with Crippen molar-refractivity contribution in [3.05, 3.63) is 23.9 Å². The summed E-state index contributed by atoms with van der Waals surface area (Å²) in [7, 11) is 0. The Bertz CT molecular complexity index is 513. The monoisotopic (exact) mass is 230 g/mol. The summed E-state index contributed by atoms with van der Waals surface area (Å²) in [5.74, 6) is 1.75. The summed E-state index contributed by atoms with van der Waals surface area (Å²) in [6, 6.07) is 4.08. The molecule has 0 bridgehead atoms. The van der Waals surface area contributed by atoms with Crippen LogP contribution in [0.4, 0.5) is 5.95 Å². The molecule has 90 valence electrons. The zero-order valence-electron chi connectivity index (χ0n) is 10.2. The van der Waals surface area contributed by atoms with Crippen LogP contribution in [0.2, 0.25) is 0 Å². The van der Waals surface area contributed by atoms with Crippen molar-refractivity contribution in [2.24, 2.45) is 5.92 Å². The van der Waals surface area contributed by atoms with Crippen LogP contribution >= 0.6 is 0 Å². The number of pyridine rings is 1. The minimum Gasteiger partial charge on any atom is -0.353 e. The van der Waals surface area contributed by atoms with Crippen molar-refractivity contribution in [1.82, 2.24) is 14.6 Å². The van der Waals surface area contributed by atoms with E-state index in [0.29, 0.717) is 0 Å². The number of fused-ring (bicyclic) bond motifs is 1. The van der Waals surface area contributed by atoms with E-state index < -0.39 is 0 Å². The third-order valence-corrected chi connectivity index (χ3v) is 3.26. The number of anilines is 1. The molecule has 17 heavy (non-hydrogen) atoms. The van der Waals surface area contributed by atoms with E-state index in [1.165, 1.54) is 31.2 Å². The molecule has 2 heterocycles. The van der Waals surface area contributed by atoms with E-state index in [-0.39, 0.29) is 0 Å². The molecule has 0 aliphatic heterocycles. The fraction of sp³-hybridized carbons (Fsp3) is 0.538. The summed E-state index contributed by atoms with van der Waals surface area (Å²) < 4.78 is 1.82. The SMILES string of the molecule is Cc1ccn2nc(NCCCC3CC3)nc2c1. The van der Waals surface area contributed by atoms with Gasteiger partial charge in [0.2, 0.25) is 5.95 Å². The van der Waals surface area contributed by atoms with Crippen LogP contribution in [0, 0.1) is 12.8 Å². The number of nitrogens with zero attached hydrogens (tertiary/aromatic N) is 3. The minimum absolute atomic E-state index is 0.742. The third kappa shape index (κ3) is 2.57. The molecule has 0 radical (unpaired) electrons. The van der Waals surface area contributed by atoms with Gasteiger partial charge in [0, 0.05) is 12.7 Å². The van der Waals surface area contributed by atoms with E-state index in [1.807, 2.05) is 22.8 Å². The Morgan fingerprint density at radius 3 is 3.18 bits per heavy atom. The van der Waals surface area contributed by atoms with E-state index in [4.69, 9.17) is 0 Å². The van der Waals surface area contributed by atoms with Crippen molar-refractivity contribution >= 4 is 11.6 Å². The van der Waals surface area contributed by atoms with Crippen LogP contribution in [0.5, 0.6) is 0 Å². The first-order chi connectivity index (χ1) is 8.31. The Hall–Kier alpha value is -1.58. The summed E-state index contributed by atoms with van der Waals surface area (Å²) in [4.78, 5) is 4.45. The van der Waals surface area contributed by atoms with Crippen molar-refractivity contribution in [2.45, 2.75) is 32.6 Å². The van der Waals surface area contributed by atoms with E-state index in [2.05, 4.69) is 22.3 Å². The molecular weight excluding hydrogens is 212 g/mol. The molecule has 3 rings (SSSR count). The molecule has 1 aliphatic rings. The van der Waals surface area contributed by atoms with Crippen molar-refractivity contribution in [1.29, 1.82) is 0 Å². The molecule has 0 unspecified atom stereocenters. The maximum Gasteiger partial charge on any atom is 0.243 e. The summed E-state index contributed by atoms with van der Waals surface area (Å²) in [6.07, 6.45) is 7.39. The topological polar surface area (TPSA) is 42.2 Å². The minimum atomic E-state index is 0.742. The van der Waals surface area contributed by atoms with Crippen LogP contribution in [0.25, 0.3) is 5.65 Å². The third-order valence-electron chi connectivity index (χ3n) is 3.26. The average molecular weight is 230 g/mol. The van der Waals surface area contributed by atoms with Gasteiger partial charge in [0.1, 0.15) is 0 Å². The second kappa shape index (κ2) is 4.35. The zero-order chi connectivity index (χ0) is 11.7. The highest BCUT2D eigenvalue weighted by Crippen LogP contribution is 2.33. The van der Waals surface area contributed by atoms with Gasteiger partial charge in [-0.15, -0.1) is 5.10 Å². The molecule has 1 fully saturated rings. The predicted molar refractivity (Wildman–Crippen MR) is 68.2 cm³/mol. The Balaban J connectivity index is 1.60. The van der Waals surface area contributed by atoms with Gasteiger partial charge >= 0.3 is 0 Å². The summed E-state index contributed by atoms with van der Waals surface area (Å²) in [5.41, 5.74) is 2.12. The number of hydrogen-bond acceptors (Lipinski definition) is 3. The Morgan fingerprint density at radius 1 is 1.47 bits per heavy atom. The van der Waals surface area contributed by atoms with Crippen molar-refractivity contribution in [3.63, 3.8) is 0 Å². The molecule has 4 nitrogen and oxygen atoms in total. The van der Waals surface area contributed by atoms with Crippen LogP contribution in [-0.4, -0.2) is 21.1 Å². The molecule has 4 heteroatoms. The number of aromatic nitrogens is 3. The second-order valence-corrected chi connectivity index (χ2v) is 4.95. The largest absolute Gasteiger partial charge is 0.353 e. The molecule has 2 aromatic rings. The maximum absolute atomic E-state index is 4.45. The fourth-order valence-corrected chi connectivity index (χ4v) is 2.06. The molecule has 0 spiro atoms. The lowest BCUT2D eigenvalue weighted by Crippen LogP contribution is -2.03. The highest BCUT2D eigenvalue weighted by atomic mass is 15.3. The van der Waals surface area contributed by atoms with Crippen LogP contribution in [0.3, 0.4) is 0 Å². The molecule has 2 aromatic heterocycles. The normalized spacial score (nSPS) is 15.4. The lowest BCUT2D eigenvalue weighted by molar-refractivity contribution is 0.685. The van der Waals surface area contributed by atoms with Gasteiger partial charge in [0.15, 0.2) is 5.65 Å². The molecule has 0 amide bonds. The van der Waals surface area contributed by atoms with Gasteiger partial charge in [-0.3, -0.25) is 0 Å². The van der Waals surface area contributed by atoms with Crippen LogP contribution in [0.1, 0.15) is 31.2 Å². The first kappa shape index (κ1) is 10.6. The molecule has 1 N–H and O–H groups in total. The fourth-order valence-electron chi connectivity index (χ4n) is 2.06. The predicted octanol–water partition coefficient (Wildman–Crippen LogP) is 2.64. The molecule has 0 atom stereocenters. The molecule has 0 saturated heterocycles. The van der Waals surface area contributed by atoms with Crippen LogP contribution in [0.15, 0.2) is 18.3 Å². The van der Waals surface area contributed by atoms with Gasteiger partial charge in [-0.2, -0.15) is 4.98 Å². The number of rotatable bonds is 5. The van der Waals surface area contributed by atoms with Crippen molar-refractivity contribution in [2.75, 3.05) is 11.9 Å². The summed E-state index contributed by atoms with van der Waals surface area (Å²) >= 11 is 0.